The lowest BCUT2D eigenvalue weighted by Crippen LogP contribution is -2.26. The van der Waals surface area contributed by atoms with Crippen molar-refractivity contribution in [2.75, 3.05) is 10.6 Å². The Morgan fingerprint density at radius 1 is 0.650 bits per heavy atom. The van der Waals surface area contributed by atoms with Gasteiger partial charge in [-0.2, -0.15) is 0 Å². The zero-order valence-electron chi connectivity index (χ0n) is 13.0. The Hall–Kier alpha value is -1.96. The number of para-hydroxylation sites is 2. The van der Waals surface area contributed by atoms with Crippen LogP contribution in [0, 0.1) is 27.7 Å². The summed E-state index contributed by atoms with van der Waals surface area (Å²) in [7, 11) is 0. The van der Waals surface area contributed by atoms with E-state index < -0.39 is 0 Å². The molecule has 0 unspecified atom stereocenters. The van der Waals surface area contributed by atoms with Crippen molar-refractivity contribution >= 4 is 11.4 Å². The average molecular weight is 268 g/mol. The van der Waals surface area contributed by atoms with Crippen molar-refractivity contribution in [2.45, 2.75) is 40.8 Å². The van der Waals surface area contributed by atoms with E-state index in [9.17, 15) is 0 Å². The van der Waals surface area contributed by atoms with Crippen molar-refractivity contribution in [3.05, 3.63) is 58.7 Å². The number of aryl methyl sites for hydroxylation is 4. The molecule has 2 N–H and O–H groups in total. The third kappa shape index (κ3) is 3.13. The molecule has 0 aliphatic rings. The highest BCUT2D eigenvalue weighted by atomic mass is 15.1. The lowest BCUT2D eigenvalue weighted by Gasteiger charge is -2.23. The van der Waals surface area contributed by atoms with Gasteiger partial charge in [0, 0.05) is 11.4 Å². The van der Waals surface area contributed by atoms with Crippen LogP contribution in [0.15, 0.2) is 36.4 Å². The molecule has 0 amide bonds. The van der Waals surface area contributed by atoms with Crippen molar-refractivity contribution in [3.63, 3.8) is 0 Å². The maximum Gasteiger partial charge on any atom is 0.0934 e. The van der Waals surface area contributed by atoms with Crippen LogP contribution in [0.4, 0.5) is 11.4 Å². The van der Waals surface area contributed by atoms with Crippen LogP contribution in [0.5, 0.6) is 0 Å². The molecule has 0 radical (unpaired) electrons. The molecule has 0 aliphatic heterocycles. The van der Waals surface area contributed by atoms with E-state index in [2.05, 4.69) is 81.7 Å². The topological polar surface area (TPSA) is 24.1 Å². The number of nitrogens with one attached hydrogen (secondary N) is 2. The molecule has 2 heteroatoms. The van der Waals surface area contributed by atoms with E-state index in [-0.39, 0.29) is 6.17 Å². The van der Waals surface area contributed by atoms with Gasteiger partial charge in [0.15, 0.2) is 0 Å². The Balaban J connectivity index is 2.15. The summed E-state index contributed by atoms with van der Waals surface area (Å²) in [6.45, 7) is 10.7. The van der Waals surface area contributed by atoms with Gasteiger partial charge in [-0.25, -0.2) is 0 Å². The second-order valence-corrected chi connectivity index (χ2v) is 5.54. The van der Waals surface area contributed by atoms with Crippen LogP contribution >= 0.6 is 0 Å². The van der Waals surface area contributed by atoms with Gasteiger partial charge in [-0.1, -0.05) is 36.4 Å². The summed E-state index contributed by atoms with van der Waals surface area (Å²) in [5, 5.41) is 7.14. The lowest BCUT2D eigenvalue weighted by molar-refractivity contribution is 0.906. The predicted molar refractivity (Wildman–Crippen MR) is 88.5 cm³/mol. The highest BCUT2D eigenvalue weighted by Crippen LogP contribution is 2.23. The van der Waals surface area contributed by atoms with E-state index in [1.54, 1.807) is 0 Å². The molecule has 0 fully saturated rings. The van der Waals surface area contributed by atoms with Crippen LogP contribution in [-0.4, -0.2) is 6.17 Å². The molecule has 0 aliphatic carbocycles. The Labute approximate surface area is 122 Å². The van der Waals surface area contributed by atoms with Gasteiger partial charge in [-0.05, 0) is 56.9 Å². The van der Waals surface area contributed by atoms with Crippen molar-refractivity contribution < 1.29 is 0 Å². The highest BCUT2D eigenvalue weighted by molar-refractivity contribution is 5.61. The minimum atomic E-state index is 0.176. The molecule has 0 spiro atoms. The molecule has 0 heterocycles. The molecule has 2 aromatic carbocycles. The molecular formula is C18H24N2. The molecule has 2 nitrogen and oxygen atoms in total. The van der Waals surface area contributed by atoms with Gasteiger partial charge in [0.05, 0.1) is 6.17 Å². The van der Waals surface area contributed by atoms with Crippen LogP contribution in [0.2, 0.25) is 0 Å². The minimum Gasteiger partial charge on any atom is -0.365 e. The minimum absolute atomic E-state index is 0.176. The van der Waals surface area contributed by atoms with Crippen molar-refractivity contribution in [3.8, 4) is 0 Å². The molecule has 0 atom stereocenters. The standard InChI is InChI=1S/C18H24N2/c1-12-8-6-9-13(2)17(12)19-16(5)20-18-14(3)10-7-11-15(18)4/h6-11,16,19-20H,1-5H3. The summed E-state index contributed by atoms with van der Waals surface area (Å²) in [6.07, 6.45) is 0.176. The van der Waals surface area contributed by atoms with Crippen molar-refractivity contribution in [1.82, 2.24) is 0 Å². The lowest BCUT2D eigenvalue weighted by atomic mass is 10.1. The fraction of sp³-hybridized carbons (Fsp3) is 0.333. The summed E-state index contributed by atoms with van der Waals surface area (Å²) in [4.78, 5) is 0. The second kappa shape index (κ2) is 6.00. The largest absolute Gasteiger partial charge is 0.365 e. The number of anilines is 2. The fourth-order valence-electron chi connectivity index (χ4n) is 2.55. The Morgan fingerprint density at radius 2 is 0.950 bits per heavy atom. The van der Waals surface area contributed by atoms with Crippen molar-refractivity contribution in [2.24, 2.45) is 0 Å². The highest BCUT2D eigenvalue weighted by Gasteiger charge is 2.09. The maximum atomic E-state index is 3.57. The van der Waals surface area contributed by atoms with Crippen molar-refractivity contribution in [1.29, 1.82) is 0 Å². The van der Waals surface area contributed by atoms with E-state index in [0.717, 1.165) is 0 Å². The van der Waals surface area contributed by atoms with E-state index in [1.165, 1.54) is 33.6 Å². The predicted octanol–water partition coefficient (Wildman–Crippen LogP) is 4.79. The maximum absolute atomic E-state index is 3.57. The summed E-state index contributed by atoms with van der Waals surface area (Å²) in [5.74, 6) is 0. The van der Waals surface area contributed by atoms with Gasteiger partial charge in [-0.3, -0.25) is 0 Å². The molecular weight excluding hydrogens is 244 g/mol. The molecule has 0 aromatic heterocycles. The summed E-state index contributed by atoms with van der Waals surface area (Å²) < 4.78 is 0. The third-order valence-electron chi connectivity index (χ3n) is 3.68. The third-order valence-corrected chi connectivity index (χ3v) is 3.68. The fourth-order valence-corrected chi connectivity index (χ4v) is 2.55. The molecule has 2 rings (SSSR count). The van der Waals surface area contributed by atoms with Crippen LogP contribution in [0.3, 0.4) is 0 Å². The summed E-state index contributed by atoms with van der Waals surface area (Å²) in [6, 6.07) is 12.8. The molecule has 0 bridgehead atoms. The first-order valence-corrected chi connectivity index (χ1v) is 7.14. The van der Waals surface area contributed by atoms with Crippen LogP contribution in [-0.2, 0) is 0 Å². The summed E-state index contributed by atoms with van der Waals surface area (Å²) in [5.41, 5.74) is 7.55. The van der Waals surface area contributed by atoms with Crippen LogP contribution < -0.4 is 10.6 Å². The smallest absolute Gasteiger partial charge is 0.0934 e. The number of hydrogen-bond donors (Lipinski definition) is 2. The van der Waals surface area contributed by atoms with E-state index in [4.69, 9.17) is 0 Å². The monoisotopic (exact) mass is 268 g/mol. The van der Waals surface area contributed by atoms with Crippen LogP contribution in [0.25, 0.3) is 0 Å². The van der Waals surface area contributed by atoms with E-state index in [0.29, 0.717) is 0 Å². The normalized spacial score (nSPS) is 10.7. The van der Waals surface area contributed by atoms with Gasteiger partial charge in [0.2, 0.25) is 0 Å². The van der Waals surface area contributed by atoms with E-state index in [1.807, 2.05) is 0 Å². The first kappa shape index (κ1) is 14.4. The Kier molecular flexibility index (Phi) is 4.33. The van der Waals surface area contributed by atoms with Gasteiger partial charge >= 0.3 is 0 Å². The quantitative estimate of drug-likeness (QED) is 0.779. The second-order valence-electron chi connectivity index (χ2n) is 5.54. The zero-order chi connectivity index (χ0) is 14.7. The zero-order valence-corrected chi connectivity index (χ0v) is 13.0. The Morgan fingerprint density at radius 3 is 1.25 bits per heavy atom. The first-order valence-electron chi connectivity index (χ1n) is 7.14. The van der Waals surface area contributed by atoms with Gasteiger partial charge < -0.3 is 10.6 Å². The molecule has 0 saturated carbocycles. The Bertz CT molecular complexity index is 508. The SMILES string of the molecule is Cc1cccc(C)c1NC(C)Nc1c(C)cccc1C. The number of benzene rings is 2. The molecule has 0 saturated heterocycles. The van der Waals surface area contributed by atoms with Gasteiger partial charge in [-0.15, -0.1) is 0 Å². The molecule has 20 heavy (non-hydrogen) atoms. The van der Waals surface area contributed by atoms with Gasteiger partial charge in [0.1, 0.15) is 0 Å². The first-order chi connectivity index (χ1) is 9.49. The van der Waals surface area contributed by atoms with Crippen LogP contribution in [0.1, 0.15) is 29.2 Å². The molecule has 106 valence electrons. The van der Waals surface area contributed by atoms with E-state index >= 15 is 0 Å². The van der Waals surface area contributed by atoms with Gasteiger partial charge in [0.25, 0.3) is 0 Å². The summed E-state index contributed by atoms with van der Waals surface area (Å²) >= 11 is 0. The molecule has 2 aromatic rings. The number of hydrogen-bond acceptors (Lipinski definition) is 2. The average Bonchev–Trinajstić information content (AvgIpc) is 2.39. The number of rotatable bonds is 4.